The van der Waals surface area contributed by atoms with E-state index < -0.39 is 0 Å². The third-order valence-electron chi connectivity index (χ3n) is 4.53. The van der Waals surface area contributed by atoms with Gasteiger partial charge in [-0.3, -0.25) is 0 Å². The second-order valence-electron chi connectivity index (χ2n) is 5.98. The second-order valence-corrected chi connectivity index (χ2v) is 7.18. The van der Waals surface area contributed by atoms with Crippen molar-refractivity contribution in [1.82, 2.24) is 19.5 Å². The first-order valence-corrected chi connectivity index (χ1v) is 8.34. The van der Waals surface area contributed by atoms with Crippen molar-refractivity contribution in [3.63, 3.8) is 0 Å². The van der Waals surface area contributed by atoms with E-state index in [1.54, 1.807) is 11.3 Å². The van der Waals surface area contributed by atoms with Crippen molar-refractivity contribution in [2.24, 2.45) is 7.05 Å². The zero-order valence-corrected chi connectivity index (χ0v) is 14.2. The number of anilines is 1. The van der Waals surface area contributed by atoms with Crippen LogP contribution in [0, 0.1) is 20.8 Å². The van der Waals surface area contributed by atoms with Crippen LogP contribution >= 0.6 is 11.3 Å². The van der Waals surface area contributed by atoms with Crippen LogP contribution in [0.5, 0.6) is 0 Å². The lowest BCUT2D eigenvalue weighted by Gasteiger charge is -2.28. The minimum atomic E-state index is 0.829. The summed E-state index contributed by atoms with van der Waals surface area (Å²) in [7, 11) is 2.07. The molecular weight excluding hydrogens is 294 g/mol. The summed E-state index contributed by atoms with van der Waals surface area (Å²) in [6.07, 6.45) is 2.92. The molecule has 1 aliphatic heterocycles. The zero-order valence-electron chi connectivity index (χ0n) is 13.3. The predicted molar refractivity (Wildman–Crippen MR) is 89.6 cm³/mol. The fourth-order valence-corrected chi connectivity index (χ4v) is 4.27. The molecule has 0 radical (unpaired) electrons. The number of rotatable bonds is 1. The van der Waals surface area contributed by atoms with Gasteiger partial charge in [-0.25, -0.2) is 15.0 Å². The van der Waals surface area contributed by atoms with Gasteiger partial charge in [-0.05, 0) is 26.3 Å². The molecule has 0 aromatic carbocycles. The Bertz CT molecular complexity index is 876. The van der Waals surface area contributed by atoms with Crippen molar-refractivity contribution >= 4 is 27.4 Å². The predicted octanol–water partition coefficient (Wildman–Crippen LogP) is 2.91. The van der Waals surface area contributed by atoms with Gasteiger partial charge in [-0.2, -0.15) is 0 Å². The van der Waals surface area contributed by atoms with Crippen molar-refractivity contribution in [1.29, 1.82) is 0 Å². The number of hydrogen-bond acceptors (Lipinski definition) is 5. The van der Waals surface area contributed by atoms with Crippen molar-refractivity contribution < 1.29 is 0 Å². The molecule has 0 saturated heterocycles. The highest BCUT2D eigenvalue weighted by Gasteiger charge is 2.24. The van der Waals surface area contributed by atoms with Crippen LogP contribution in [0.4, 0.5) is 5.82 Å². The third-order valence-corrected chi connectivity index (χ3v) is 5.63. The van der Waals surface area contributed by atoms with Crippen LogP contribution in [-0.2, 0) is 20.0 Å². The Hall–Kier alpha value is -1.95. The van der Waals surface area contributed by atoms with E-state index in [9.17, 15) is 0 Å². The average Bonchev–Trinajstić information content (AvgIpc) is 2.99. The summed E-state index contributed by atoms with van der Waals surface area (Å²) in [5.74, 6) is 1.91. The van der Waals surface area contributed by atoms with Crippen molar-refractivity contribution in [2.75, 3.05) is 11.4 Å². The highest BCUT2D eigenvalue weighted by Crippen LogP contribution is 2.36. The second kappa shape index (κ2) is 4.78. The molecule has 4 rings (SSSR count). The summed E-state index contributed by atoms with van der Waals surface area (Å²) >= 11 is 1.76. The molecule has 0 unspecified atom stereocenters. The fraction of sp³-hybridized carbons (Fsp3) is 0.438. The summed E-state index contributed by atoms with van der Waals surface area (Å²) in [6, 6.07) is 0. The molecular formula is C16H19N5S. The van der Waals surface area contributed by atoms with Crippen molar-refractivity contribution in [3.05, 3.63) is 34.0 Å². The highest BCUT2D eigenvalue weighted by molar-refractivity contribution is 7.18. The molecule has 3 aromatic heterocycles. The summed E-state index contributed by atoms with van der Waals surface area (Å²) in [5.41, 5.74) is 3.82. The van der Waals surface area contributed by atoms with Gasteiger partial charge in [0.15, 0.2) is 0 Å². The summed E-state index contributed by atoms with van der Waals surface area (Å²) < 4.78 is 2.13. The Balaban J connectivity index is 1.85. The molecule has 114 valence electrons. The lowest BCUT2D eigenvalue weighted by molar-refractivity contribution is 0.676. The Morgan fingerprint density at radius 1 is 1.18 bits per heavy atom. The SMILES string of the molecule is Cc1nc(N2CCc3c(ncn3C)C2)c2c(C)c(C)sc2n1. The van der Waals surface area contributed by atoms with E-state index in [1.807, 2.05) is 13.3 Å². The van der Waals surface area contributed by atoms with Gasteiger partial charge < -0.3 is 9.47 Å². The molecule has 0 aliphatic carbocycles. The molecule has 0 spiro atoms. The highest BCUT2D eigenvalue weighted by atomic mass is 32.1. The number of nitrogens with zero attached hydrogens (tertiary/aromatic N) is 5. The van der Waals surface area contributed by atoms with Gasteiger partial charge in [0.2, 0.25) is 0 Å². The normalized spacial score (nSPS) is 14.6. The van der Waals surface area contributed by atoms with Gasteiger partial charge >= 0.3 is 0 Å². The molecule has 0 bridgehead atoms. The minimum Gasteiger partial charge on any atom is -0.350 e. The largest absolute Gasteiger partial charge is 0.350 e. The number of hydrogen-bond donors (Lipinski definition) is 0. The maximum absolute atomic E-state index is 4.77. The number of imidazole rings is 1. The number of thiophene rings is 1. The van der Waals surface area contributed by atoms with Crippen molar-refractivity contribution in [2.45, 2.75) is 33.7 Å². The molecule has 0 N–H and O–H groups in total. The molecule has 1 aliphatic rings. The molecule has 0 atom stereocenters. The smallest absolute Gasteiger partial charge is 0.141 e. The van der Waals surface area contributed by atoms with Crippen molar-refractivity contribution in [3.8, 4) is 0 Å². The maximum Gasteiger partial charge on any atom is 0.141 e. The van der Waals surface area contributed by atoms with Crippen LogP contribution in [-0.4, -0.2) is 26.1 Å². The van der Waals surface area contributed by atoms with E-state index in [2.05, 4.69) is 40.3 Å². The van der Waals surface area contributed by atoms with Gasteiger partial charge in [-0.15, -0.1) is 11.3 Å². The standard InChI is InChI=1S/C16H19N5S/c1-9-10(2)22-16-14(9)15(18-11(3)19-16)21-6-5-13-12(7-21)17-8-20(13)4/h8H,5-7H2,1-4H3. The molecule has 22 heavy (non-hydrogen) atoms. The number of fused-ring (bicyclic) bond motifs is 2. The van der Waals surface area contributed by atoms with E-state index in [0.29, 0.717) is 0 Å². The Kier molecular flexibility index (Phi) is 2.97. The lowest BCUT2D eigenvalue weighted by Crippen LogP contribution is -2.32. The first-order chi connectivity index (χ1) is 10.5. The molecule has 5 nitrogen and oxygen atoms in total. The molecule has 3 aromatic rings. The summed E-state index contributed by atoms with van der Waals surface area (Å²) in [5, 5.41) is 1.22. The van der Waals surface area contributed by atoms with Crippen LogP contribution in [0.3, 0.4) is 0 Å². The van der Waals surface area contributed by atoms with Crippen LogP contribution in [0.1, 0.15) is 27.7 Å². The minimum absolute atomic E-state index is 0.829. The maximum atomic E-state index is 4.77. The fourth-order valence-electron chi connectivity index (χ4n) is 3.20. The van der Waals surface area contributed by atoms with E-state index in [0.717, 1.165) is 36.0 Å². The van der Waals surface area contributed by atoms with Gasteiger partial charge in [-0.1, -0.05) is 0 Å². The molecule has 6 heteroatoms. The Morgan fingerprint density at radius 2 is 2.00 bits per heavy atom. The molecule has 0 saturated carbocycles. The van der Waals surface area contributed by atoms with Gasteiger partial charge in [0, 0.05) is 30.6 Å². The van der Waals surface area contributed by atoms with Gasteiger partial charge in [0.1, 0.15) is 16.5 Å². The van der Waals surface area contributed by atoms with Crippen LogP contribution in [0.25, 0.3) is 10.2 Å². The quantitative estimate of drug-likeness (QED) is 0.693. The van der Waals surface area contributed by atoms with E-state index in [1.165, 1.54) is 27.2 Å². The first-order valence-electron chi connectivity index (χ1n) is 7.53. The lowest BCUT2D eigenvalue weighted by atomic mass is 10.1. The van der Waals surface area contributed by atoms with E-state index in [4.69, 9.17) is 4.98 Å². The average molecular weight is 313 g/mol. The van der Waals surface area contributed by atoms with Crippen LogP contribution < -0.4 is 4.90 Å². The van der Waals surface area contributed by atoms with Gasteiger partial charge in [0.05, 0.1) is 24.0 Å². The van der Waals surface area contributed by atoms with E-state index in [-0.39, 0.29) is 0 Å². The number of aryl methyl sites for hydroxylation is 4. The Labute approximate surface area is 133 Å². The van der Waals surface area contributed by atoms with Crippen LogP contribution in [0.2, 0.25) is 0 Å². The number of aromatic nitrogens is 4. The Morgan fingerprint density at radius 3 is 2.82 bits per heavy atom. The topological polar surface area (TPSA) is 46.8 Å². The van der Waals surface area contributed by atoms with Gasteiger partial charge in [0.25, 0.3) is 0 Å². The third kappa shape index (κ3) is 1.94. The summed E-state index contributed by atoms with van der Waals surface area (Å²) in [4.78, 5) is 18.7. The monoisotopic (exact) mass is 313 g/mol. The van der Waals surface area contributed by atoms with Crippen LogP contribution in [0.15, 0.2) is 6.33 Å². The first kappa shape index (κ1) is 13.7. The molecule has 0 amide bonds. The molecule has 4 heterocycles. The van der Waals surface area contributed by atoms with E-state index >= 15 is 0 Å². The zero-order chi connectivity index (χ0) is 15.4. The molecule has 0 fully saturated rings. The summed E-state index contributed by atoms with van der Waals surface area (Å²) in [6.45, 7) is 8.12.